The lowest BCUT2D eigenvalue weighted by molar-refractivity contribution is -0.136. The maximum Gasteiger partial charge on any atom is 0.336 e. The van der Waals surface area contributed by atoms with E-state index in [0.29, 0.717) is 48.1 Å². The monoisotopic (exact) mass is 465 g/mol. The molecule has 0 radical (unpaired) electrons. The molecular formula is C22H21Cl2NO4S. The summed E-state index contributed by atoms with van der Waals surface area (Å²) in [6.07, 6.45) is 0. The van der Waals surface area contributed by atoms with Crippen molar-refractivity contribution in [3.8, 4) is 5.75 Å². The lowest BCUT2D eigenvalue weighted by Crippen LogP contribution is -2.30. The zero-order valence-electron chi connectivity index (χ0n) is 16.9. The molecule has 30 heavy (non-hydrogen) atoms. The number of carbonyl (C=O) groups is 1. The molecule has 1 heterocycles. The molecule has 0 saturated carbocycles. The van der Waals surface area contributed by atoms with Crippen molar-refractivity contribution >= 4 is 40.0 Å². The minimum Gasteiger partial charge on any atom is -0.497 e. The van der Waals surface area contributed by atoms with Crippen molar-refractivity contribution in [3.63, 3.8) is 0 Å². The summed E-state index contributed by atoms with van der Waals surface area (Å²) in [5, 5.41) is 3.82. The van der Waals surface area contributed by atoms with Gasteiger partial charge in [-0.25, -0.2) is 9.00 Å². The molecule has 2 aromatic rings. The number of esters is 1. The van der Waals surface area contributed by atoms with Gasteiger partial charge in [0.1, 0.15) is 5.75 Å². The number of hydrogen-bond acceptors (Lipinski definition) is 5. The lowest BCUT2D eigenvalue weighted by atomic mass is 9.86. The van der Waals surface area contributed by atoms with Crippen LogP contribution < -0.4 is 10.1 Å². The Morgan fingerprint density at radius 2 is 1.70 bits per heavy atom. The summed E-state index contributed by atoms with van der Waals surface area (Å²) in [5.41, 5.74) is 2.21. The van der Waals surface area contributed by atoms with E-state index < -0.39 is 22.7 Å². The summed E-state index contributed by atoms with van der Waals surface area (Å²) >= 11 is 12.8. The second kappa shape index (κ2) is 9.25. The zero-order chi connectivity index (χ0) is 22.0. The third-order valence-corrected chi connectivity index (χ3v) is 7.35. The fourth-order valence-electron chi connectivity index (χ4n) is 3.47. The van der Waals surface area contributed by atoms with Crippen LogP contribution in [0.25, 0.3) is 0 Å². The van der Waals surface area contributed by atoms with Gasteiger partial charge in [-0.2, -0.15) is 0 Å². The summed E-state index contributed by atoms with van der Waals surface area (Å²) in [6.45, 7) is 3.59. The van der Waals surface area contributed by atoms with E-state index in [0.717, 1.165) is 0 Å². The van der Waals surface area contributed by atoms with E-state index in [4.69, 9.17) is 32.7 Å². The van der Waals surface area contributed by atoms with Crippen LogP contribution in [0.4, 0.5) is 0 Å². The quantitative estimate of drug-likeness (QED) is 0.616. The van der Waals surface area contributed by atoms with E-state index in [-0.39, 0.29) is 0 Å². The third-order valence-electron chi connectivity index (χ3n) is 4.87. The molecule has 3 rings (SSSR count). The predicted octanol–water partition coefficient (Wildman–Crippen LogP) is 5.18. The van der Waals surface area contributed by atoms with E-state index in [9.17, 15) is 9.00 Å². The second-order valence-electron chi connectivity index (χ2n) is 6.66. The molecule has 2 aromatic carbocycles. The third kappa shape index (κ3) is 4.13. The fraction of sp³-hybridized carbons (Fsp3) is 0.227. The van der Waals surface area contributed by atoms with Gasteiger partial charge in [0, 0.05) is 16.3 Å². The Hall–Kier alpha value is -2.28. The average Bonchev–Trinajstić information content (AvgIpc) is 2.74. The van der Waals surface area contributed by atoms with Crippen molar-refractivity contribution in [1.82, 2.24) is 5.32 Å². The Labute approximate surface area is 188 Å². The molecule has 0 spiro atoms. The highest BCUT2D eigenvalue weighted by atomic mass is 35.5. The Balaban J connectivity index is 2.22. The number of methoxy groups -OCH3 is 2. The first kappa shape index (κ1) is 22.4. The maximum atomic E-state index is 13.7. The molecule has 0 bridgehead atoms. The maximum absolute atomic E-state index is 13.7. The lowest BCUT2D eigenvalue weighted by Gasteiger charge is -2.31. The van der Waals surface area contributed by atoms with Crippen molar-refractivity contribution in [2.75, 3.05) is 14.2 Å². The molecule has 1 aliphatic heterocycles. The summed E-state index contributed by atoms with van der Waals surface area (Å²) in [4.78, 5) is 13.8. The van der Waals surface area contributed by atoms with E-state index in [2.05, 4.69) is 5.32 Å². The van der Waals surface area contributed by atoms with Gasteiger partial charge in [0.25, 0.3) is 0 Å². The SMILES string of the molecule is COC(=O)C1=C(C)NC(C)=C(S(=O)c2ccc(OC)cc2)C1c1cccc(Cl)c1Cl. The minimum atomic E-state index is -1.59. The number of nitrogens with one attached hydrogen (secondary N) is 1. The Morgan fingerprint density at radius 3 is 2.30 bits per heavy atom. The van der Waals surface area contributed by atoms with Crippen molar-refractivity contribution in [1.29, 1.82) is 0 Å². The molecule has 8 heteroatoms. The van der Waals surface area contributed by atoms with Crippen LogP contribution >= 0.6 is 23.2 Å². The molecule has 2 atom stereocenters. The van der Waals surface area contributed by atoms with Gasteiger partial charge >= 0.3 is 5.97 Å². The van der Waals surface area contributed by atoms with Crippen LogP contribution in [0.1, 0.15) is 25.3 Å². The van der Waals surface area contributed by atoms with E-state index in [1.165, 1.54) is 7.11 Å². The first-order valence-electron chi connectivity index (χ1n) is 9.06. The standard InChI is InChI=1S/C22H21Cl2NO4S/c1-12-18(22(26)29-4)19(16-6-5-7-17(23)20(16)24)21(13(2)25-12)30(27)15-10-8-14(28-3)9-11-15/h5-11,19,25H,1-4H3. The highest BCUT2D eigenvalue weighted by Crippen LogP contribution is 2.45. The van der Waals surface area contributed by atoms with Gasteiger partial charge in [-0.3, -0.25) is 0 Å². The zero-order valence-corrected chi connectivity index (χ0v) is 19.2. The number of ether oxygens (including phenoxy) is 2. The number of dihydropyridines is 1. The highest BCUT2D eigenvalue weighted by Gasteiger charge is 2.38. The van der Waals surface area contributed by atoms with Crippen molar-refractivity contribution in [2.24, 2.45) is 0 Å². The highest BCUT2D eigenvalue weighted by molar-refractivity contribution is 7.89. The normalized spacial score (nSPS) is 17.5. The molecule has 0 fully saturated rings. The first-order valence-corrected chi connectivity index (χ1v) is 11.0. The van der Waals surface area contributed by atoms with Crippen LogP contribution in [0.15, 0.2) is 69.2 Å². The van der Waals surface area contributed by atoms with Crippen LogP contribution in [0.5, 0.6) is 5.75 Å². The molecule has 1 N–H and O–H groups in total. The van der Waals surface area contributed by atoms with Gasteiger partial charge in [-0.05, 0) is 49.7 Å². The molecule has 158 valence electrons. The molecule has 5 nitrogen and oxygen atoms in total. The summed E-state index contributed by atoms with van der Waals surface area (Å²) < 4.78 is 23.9. The van der Waals surface area contributed by atoms with Crippen LogP contribution in [0.2, 0.25) is 10.0 Å². The van der Waals surface area contributed by atoms with E-state index in [1.807, 2.05) is 6.92 Å². The topological polar surface area (TPSA) is 64.6 Å². The number of halogens is 2. The van der Waals surface area contributed by atoms with Crippen LogP contribution in [-0.4, -0.2) is 24.4 Å². The van der Waals surface area contributed by atoms with Crippen molar-refractivity contribution in [2.45, 2.75) is 24.7 Å². The second-order valence-corrected chi connectivity index (χ2v) is 8.90. The van der Waals surface area contributed by atoms with Gasteiger partial charge in [0.05, 0.1) is 51.5 Å². The Bertz CT molecular complexity index is 1080. The smallest absolute Gasteiger partial charge is 0.336 e. The summed E-state index contributed by atoms with van der Waals surface area (Å²) in [5.74, 6) is -0.561. The molecule has 0 amide bonds. The molecule has 2 unspecified atom stereocenters. The van der Waals surface area contributed by atoms with Gasteiger partial charge < -0.3 is 14.8 Å². The molecule has 0 aromatic heterocycles. The van der Waals surface area contributed by atoms with Crippen LogP contribution in [0.3, 0.4) is 0 Å². The Morgan fingerprint density at radius 1 is 1.03 bits per heavy atom. The number of allylic oxidation sites excluding steroid dienone is 3. The molecular weight excluding hydrogens is 445 g/mol. The van der Waals surface area contributed by atoms with Gasteiger partial charge in [0.2, 0.25) is 0 Å². The number of hydrogen-bond donors (Lipinski definition) is 1. The minimum absolute atomic E-state index is 0.303. The average molecular weight is 466 g/mol. The van der Waals surface area contributed by atoms with Crippen LogP contribution in [-0.2, 0) is 20.3 Å². The summed E-state index contributed by atoms with van der Waals surface area (Å²) in [7, 11) is 1.28. The van der Waals surface area contributed by atoms with Gasteiger partial charge in [-0.1, -0.05) is 35.3 Å². The van der Waals surface area contributed by atoms with E-state index in [1.54, 1.807) is 56.5 Å². The Kier molecular flexibility index (Phi) is 6.91. The van der Waals surface area contributed by atoms with Crippen LogP contribution in [0, 0.1) is 0 Å². The number of carbonyl (C=O) groups excluding carboxylic acids is 1. The van der Waals surface area contributed by atoms with Crippen molar-refractivity contribution < 1.29 is 18.5 Å². The van der Waals surface area contributed by atoms with E-state index >= 15 is 0 Å². The largest absolute Gasteiger partial charge is 0.497 e. The molecule has 0 saturated heterocycles. The fourth-order valence-corrected chi connectivity index (χ4v) is 5.31. The van der Waals surface area contributed by atoms with Gasteiger partial charge in [-0.15, -0.1) is 0 Å². The predicted molar refractivity (Wildman–Crippen MR) is 119 cm³/mol. The molecule has 0 aliphatic carbocycles. The summed E-state index contributed by atoms with van der Waals surface area (Å²) in [6, 6.07) is 12.1. The molecule has 1 aliphatic rings. The number of rotatable bonds is 5. The van der Waals surface area contributed by atoms with Gasteiger partial charge in [0.15, 0.2) is 0 Å². The number of benzene rings is 2. The first-order chi connectivity index (χ1) is 14.3. The van der Waals surface area contributed by atoms with Crippen molar-refractivity contribution in [3.05, 3.63) is 79.9 Å².